The Kier molecular flexibility index (Phi) is 7.26. The highest BCUT2D eigenvalue weighted by atomic mass is 32.2. The molecule has 1 aromatic carbocycles. The van der Waals surface area contributed by atoms with Crippen LogP contribution in [0.15, 0.2) is 29.2 Å². The lowest BCUT2D eigenvalue weighted by Gasteiger charge is -2.43. The van der Waals surface area contributed by atoms with E-state index >= 15 is 0 Å². The molecule has 2 unspecified atom stereocenters. The number of halogens is 1. The molecule has 0 saturated carbocycles. The molecule has 0 aliphatic carbocycles. The Morgan fingerprint density at radius 1 is 1.38 bits per heavy atom. The first-order chi connectivity index (χ1) is 12.6. The Morgan fingerprint density at radius 2 is 2.12 bits per heavy atom. The standard InChI is InChI=1S/C19H27FN2O2S2/c1-15(12-26-17-4-2-16(20)3-5-17)18(23)21-13-19(6-11-25-14-19)22-7-9-24-10-8-22/h2-5,15H,6-14H2,1H3,(H,21,23). The van der Waals surface area contributed by atoms with Gasteiger partial charge in [0, 0.05) is 47.5 Å². The molecule has 2 fully saturated rings. The van der Waals surface area contributed by atoms with E-state index in [9.17, 15) is 9.18 Å². The van der Waals surface area contributed by atoms with Gasteiger partial charge in [-0.05, 0) is 36.4 Å². The number of hydrogen-bond donors (Lipinski definition) is 1. The van der Waals surface area contributed by atoms with Crippen molar-refractivity contribution in [2.75, 3.05) is 50.1 Å². The lowest BCUT2D eigenvalue weighted by atomic mass is 9.95. The molecule has 0 spiro atoms. The first-order valence-corrected chi connectivity index (χ1v) is 11.3. The van der Waals surface area contributed by atoms with Crippen LogP contribution in [0, 0.1) is 11.7 Å². The van der Waals surface area contributed by atoms with Crippen LogP contribution in [0.3, 0.4) is 0 Å². The molecule has 7 heteroatoms. The van der Waals surface area contributed by atoms with Crippen molar-refractivity contribution in [2.24, 2.45) is 5.92 Å². The molecule has 26 heavy (non-hydrogen) atoms. The van der Waals surface area contributed by atoms with E-state index in [1.165, 1.54) is 12.1 Å². The summed E-state index contributed by atoms with van der Waals surface area (Å²) in [5.74, 6) is 2.71. The van der Waals surface area contributed by atoms with Crippen LogP contribution in [0.4, 0.5) is 4.39 Å². The molecular formula is C19H27FN2O2S2. The SMILES string of the molecule is CC(CSc1ccc(F)cc1)C(=O)NCC1(N2CCOCC2)CCSC1. The van der Waals surface area contributed by atoms with E-state index in [-0.39, 0.29) is 23.2 Å². The van der Waals surface area contributed by atoms with Gasteiger partial charge in [-0.3, -0.25) is 9.69 Å². The Hall–Kier alpha value is -0.760. The molecule has 3 rings (SSSR count). The van der Waals surface area contributed by atoms with Crippen molar-refractivity contribution in [3.63, 3.8) is 0 Å². The van der Waals surface area contributed by atoms with E-state index in [2.05, 4.69) is 10.2 Å². The fourth-order valence-corrected chi connectivity index (χ4v) is 5.79. The Labute approximate surface area is 163 Å². The molecule has 2 aliphatic heterocycles. The number of ether oxygens (including phenoxy) is 1. The van der Waals surface area contributed by atoms with Crippen LogP contribution >= 0.6 is 23.5 Å². The molecule has 0 aromatic heterocycles. The number of nitrogens with one attached hydrogen (secondary N) is 1. The highest BCUT2D eigenvalue weighted by Gasteiger charge is 2.41. The highest BCUT2D eigenvalue weighted by Crippen LogP contribution is 2.33. The Balaban J connectivity index is 1.48. The Morgan fingerprint density at radius 3 is 2.77 bits per heavy atom. The minimum atomic E-state index is -0.233. The van der Waals surface area contributed by atoms with Crippen LogP contribution in [0.1, 0.15) is 13.3 Å². The molecule has 2 atom stereocenters. The molecular weight excluding hydrogens is 371 g/mol. The van der Waals surface area contributed by atoms with Gasteiger partial charge in [-0.2, -0.15) is 11.8 Å². The summed E-state index contributed by atoms with van der Waals surface area (Å²) >= 11 is 3.57. The van der Waals surface area contributed by atoms with Gasteiger partial charge in [-0.1, -0.05) is 6.92 Å². The number of rotatable bonds is 7. The third kappa shape index (κ3) is 5.15. The number of amides is 1. The highest BCUT2D eigenvalue weighted by molar-refractivity contribution is 7.99. The molecule has 0 bridgehead atoms. The molecule has 1 aromatic rings. The first kappa shape index (κ1) is 20.0. The van der Waals surface area contributed by atoms with Crippen molar-refractivity contribution in [2.45, 2.75) is 23.8 Å². The van der Waals surface area contributed by atoms with Gasteiger partial charge in [-0.15, -0.1) is 11.8 Å². The Bertz CT molecular complexity index is 588. The van der Waals surface area contributed by atoms with Crippen LogP contribution in [0.25, 0.3) is 0 Å². The summed E-state index contributed by atoms with van der Waals surface area (Å²) in [6.07, 6.45) is 1.12. The van der Waals surface area contributed by atoms with Crippen LogP contribution < -0.4 is 5.32 Å². The average molecular weight is 399 g/mol. The largest absolute Gasteiger partial charge is 0.379 e. The van der Waals surface area contributed by atoms with Crippen LogP contribution in [-0.4, -0.2) is 66.5 Å². The van der Waals surface area contributed by atoms with E-state index in [1.54, 1.807) is 23.9 Å². The van der Waals surface area contributed by atoms with Crippen molar-refractivity contribution < 1.29 is 13.9 Å². The minimum Gasteiger partial charge on any atom is -0.379 e. The molecule has 4 nitrogen and oxygen atoms in total. The number of carbonyl (C=O) groups excluding carboxylic acids is 1. The zero-order chi connectivity index (χ0) is 18.4. The van der Waals surface area contributed by atoms with E-state index < -0.39 is 0 Å². The summed E-state index contributed by atoms with van der Waals surface area (Å²) in [5.41, 5.74) is 0.0773. The van der Waals surface area contributed by atoms with Crippen LogP contribution in [0.5, 0.6) is 0 Å². The third-order valence-corrected chi connectivity index (χ3v) is 7.62. The number of carbonyl (C=O) groups is 1. The summed E-state index contributed by atoms with van der Waals surface area (Å²) in [7, 11) is 0. The predicted octanol–water partition coefficient (Wildman–Crippen LogP) is 2.88. The second-order valence-corrected chi connectivity index (χ2v) is 9.21. The first-order valence-electron chi connectivity index (χ1n) is 9.16. The van der Waals surface area contributed by atoms with Gasteiger partial charge in [0.1, 0.15) is 5.82 Å². The van der Waals surface area contributed by atoms with Crippen LogP contribution in [-0.2, 0) is 9.53 Å². The van der Waals surface area contributed by atoms with Crippen molar-refractivity contribution in [3.8, 4) is 0 Å². The number of nitrogens with zero attached hydrogens (tertiary/aromatic N) is 1. The maximum Gasteiger partial charge on any atom is 0.223 e. The summed E-state index contributed by atoms with van der Waals surface area (Å²) in [6.45, 7) is 6.13. The number of benzene rings is 1. The van der Waals surface area contributed by atoms with E-state index in [0.29, 0.717) is 12.3 Å². The minimum absolute atomic E-state index is 0.0773. The summed E-state index contributed by atoms with van der Waals surface area (Å²) in [4.78, 5) is 16.1. The van der Waals surface area contributed by atoms with Crippen molar-refractivity contribution in [1.82, 2.24) is 10.2 Å². The zero-order valence-corrected chi connectivity index (χ0v) is 16.8. The smallest absolute Gasteiger partial charge is 0.223 e. The molecule has 1 amide bonds. The molecule has 2 aliphatic rings. The summed E-state index contributed by atoms with van der Waals surface area (Å²) in [6, 6.07) is 6.43. The van der Waals surface area contributed by atoms with Gasteiger partial charge in [0.2, 0.25) is 5.91 Å². The van der Waals surface area contributed by atoms with Crippen molar-refractivity contribution >= 4 is 29.4 Å². The van der Waals surface area contributed by atoms with E-state index in [4.69, 9.17) is 4.74 Å². The number of thioether (sulfide) groups is 2. The monoisotopic (exact) mass is 398 g/mol. The van der Waals surface area contributed by atoms with Gasteiger partial charge < -0.3 is 10.1 Å². The molecule has 2 heterocycles. The lowest BCUT2D eigenvalue weighted by molar-refractivity contribution is -0.124. The van der Waals surface area contributed by atoms with E-state index in [0.717, 1.165) is 49.1 Å². The maximum atomic E-state index is 13.0. The molecule has 144 valence electrons. The van der Waals surface area contributed by atoms with Crippen molar-refractivity contribution in [3.05, 3.63) is 30.1 Å². The zero-order valence-electron chi connectivity index (χ0n) is 15.2. The molecule has 1 N–H and O–H groups in total. The average Bonchev–Trinajstić information content (AvgIpc) is 3.16. The normalized spacial score (nSPS) is 25.2. The second-order valence-electron chi connectivity index (χ2n) is 7.01. The fourth-order valence-electron chi connectivity index (χ4n) is 3.39. The van der Waals surface area contributed by atoms with Crippen molar-refractivity contribution in [1.29, 1.82) is 0 Å². The second kappa shape index (κ2) is 9.44. The molecule has 0 radical (unpaired) electrons. The van der Waals surface area contributed by atoms with Gasteiger partial charge in [0.15, 0.2) is 0 Å². The summed E-state index contributed by atoms with van der Waals surface area (Å²) in [5, 5.41) is 3.20. The molecule has 2 saturated heterocycles. The number of hydrogen-bond acceptors (Lipinski definition) is 5. The topological polar surface area (TPSA) is 41.6 Å². The van der Waals surface area contributed by atoms with Gasteiger partial charge >= 0.3 is 0 Å². The lowest BCUT2D eigenvalue weighted by Crippen LogP contribution is -2.59. The van der Waals surface area contributed by atoms with E-state index in [1.807, 2.05) is 18.7 Å². The fraction of sp³-hybridized carbons (Fsp3) is 0.632. The third-order valence-electron chi connectivity index (χ3n) is 5.12. The quantitative estimate of drug-likeness (QED) is 0.716. The summed E-state index contributed by atoms with van der Waals surface area (Å²) < 4.78 is 18.5. The van der Waals surface area contributed by atoms with Crippen LogP contribution in [0.2, 0.25) is 0 Å². The van der Waals surface area contributed by atoms with Gasteiger partial charge in [0.25, 0.3) is 0 Å². The maximum absolute atomic E-state index is 13.0. The number of morpholine rings is 1. The van der Waals surface area contributed by atoms with Gasteiger partial charge in [0.05, 0.1) is 13.2 Å². The predicted molar refractivity (Wildman–Crippen MR) is 106 cm³/mol. The van der Waals surface area contributed by atoms with Gasteiger partial charge in [-0.25, -0.2) is 4.39 Å².